The fourth-order valence-electron chi connectivity index (χ4n) is 13.6. The van der Waals surface area contributed by atoms with Gasteiger partial charge in [0.15, 0.2) is 22.8 Å². The van der Waals surface area contributed by atoms with E-state index in [9.17, 15) is 73.2 Å². The second-order valence-corrected chi connectivity index (χ2v) is 28.9. The maximum Gasteiger partial charge on any atom is 0.481 e. The monoisotopic (exact) mass is 1200 g/mol. The van der Waals surface area contributed by atoms with Crippen molar-refractivity contribution >= 4 is 69.1 Å². The summed E-state index contributed by atoms with van der Waals surface area (Å²) >= 11 is 1.12. The van der Waals surface area contributed by atoms with E-state index in [2.05, 4.69) is 55.2 Å². The normalized spacial score (nSPS) is 34.6. The Morgan fingerprint density at radius 3 is 2.35 bits per heavy atom. The predicted molar refractivity (Wildman–Crippen MR) is 283 cm³/mol. The van der Waals surface area contributed by atoms with Crippen LogP contribution >= 0.6 is 35.2 Å². The van der Waals surface area contributed by atoms with Gasteiger partial charge in [0, 0.05) is 36.6 Å². The quantitative estimate of drug-likeness (QED) is 0.0502. The van der Waals surface area contributed by atoms with Crippen LogP contribution in [-0.2, 0) is 50.7 Å². The van der Waals surface area contributed by atoms with Crippen LogP contribution in [-0.4, -0.2) is 156 Å². The van der Waals surface area contributed by atoms with E-state index < -0.39 is 96.8 Å². The molecular weight excluding hydrogens is 1120 g/mol. The number of aromatic nitrogens is 4. The van der Waals surface area contributed by atoms with E-state index in [0.29, 0.717) is 30.4 Å². The van der Waals surface area contributed by atoms with Crippen LogP contribution in [0.25, 0.3) is 11.2 Å². The number of nitrogen functional groups attached to an aromatic ring is 1. The molecule has 13 N–H and O–H groups in total. The molecule has 2 amide bonds. The third-order valence-corrected chi connectivity index (χ3v) is 22.2. The summed E-state index contributed by atoms with van der Waals surface area (Å²) in [4.78, 5) is 89.9. The van der Waals surface area contributed by atoms with E-state index in [4.69, 9.17) is 19.5 Å². The second kappa shape index (κ2) is 25.3. The zero-order valence-corrected chi connectivity index (χ0v) is 48.8. The molecule has 5 aliphatic rings. The lowest BCUT2D eigenvalue weighted by molar-refractivity contribution is -0.207. The van der Waals surface area contributed by atoms with E-state index in [1.165, 1.54) is 13.8 Å². The van der Waals surface area contributed by atoms with Crippen LogP contribution in [0.5, 0.6) is 0 Å². The van der Waals surface area contributed by atoms with E-state index in [1.54, 1.807) is 0 Å². The molecule has 4 aliphatic carbocycles. The van der Waals surface area contributed by atoms with Crippen molar-refractivity contribution in [2.75, 3.05) is 37.8 Å². The Hall–Kier alpha value is -2.56. The number of nitrogens with two attached hydrogens (primary N) is 1. The van der Waals surface area contributed by atoms with Crippen LogP contribution in [0.4, 0.5) is 5.82 Å². The molecule has 3 heterocycles. The Labute approximate surface area is 462 Å². The van der Waals surface area contributed by atoms with Crippen molar-refractivity contribution in [2.24, 2.45) is 57.7 Å². The number of carbonyl (C=O) groups is 3. The topological polar surface area (TPSA) is 424 Å². The molecule has 0 spiro atoms. The van der Waals surface area contributed by atoms with Gasteiger partial charge in [0.05, 0.1) is 37.9 Å². The highest BCUT2D eigenvalue weighted by Gasteiger charge is 2.66. The number of nitrogens with zero attached hydrogens (tertiary/aromatic N) is 4. The average molecular weight is 1200 g/mol. The van der Waals surface area contributed by atoms with Crippen molar-refractivity contribution in [3.05, 3.63) is 12.7 Å². The van der Waals surface area contributed by atoms with Crippen LogP contribution in [0.3, 0.4) is 0 Å². The van der Waals surface area contributed by atoms with Gasteiger partial charge in [0.2, 0.25) is 11.8 Å². The highest BCUT2D eigenvalue weighted by molar-refractivity contribution is 8.13. The van der Waals surface area contributed by atoms with Gasteiger partial charge < -0.3 is 66.2 Å². The van der Waals surface area contributed by atoms with Crippen LogP contribution in [0.1, 0.15) is 118 Å². The van der Waals surface area contributed by atoms with E-state index >= 15 is 0 Å². The molecule has 2 aromatic rings. The van der Waals surface area contributed by atoms with Gasteiger partial charge in [-0.15, -0.1) is 0 Å². The second-order valence-electron chi connectivity index (χ2n) is 23.6. The summed E-state index contributed by atoms with van der Waals surface area (Å²) in [6, 6.07) is 0. The van der Waals surface area contributed by atoms with E-state index in [-0.39, 0.29) is 88.1 Å². The van der Waals surface area contributed by atoms with Gasteiger partial charge in [-0.3, -0.25) is 32.5 Å². The van der Waals surface area contributed by atoms with Crippen molar-refractivity contribution in [1.29, 1.82) is 0 Å². The maximum absolute atomic E-state index is 13.1. The minimum atomic E-state index is -5.60. The van der Waals surface area contributed by atoms with Gasteiger partial charge >= 0.3 is 23.5 Å². The van der Waals surface area contributed by atoms with Crippen molar-refractivity contribution in [2.45, 2.75) is 161 Å². The molecule has 19 atom stereocenters. The summed E-state index contributed by atoms with van der Waals surface area (Å²) in [6.07, 6.45) is 0.0812. The SMILES string of the molecule is C[C@@H](CCC[C@H](C)[C@H]1CC[C@H]2[C@@H]3[C@H](O)C[C@@H]4C[C@H](O)CC[C@]4(C)[C@H]3C[C@H](O)[C@]12C)C(=O)SCCNC(=O)CCNC(=O)[C@H](O)C(C)(C)COP(=O)(O)OP(=O)(O)OC[C@H]1O[C@@H](n2cnc3c(N)ncnc32)[C@H](O)[C@@H]1OP(=O)(O)O. The number of fused-ring (bicyclic) bond motifs is 6. The number of aliphatic hydroxyl groups is 5. The third-order valence-electron chi connectivity index (χ3n) is 18.0. The molecule has 27 nitrogen and oxygen atoms in total. The average Bonchev–Trinajstić information content (AvgIpc) is 3.87. The van der Waals surface area contributed by atoms with Crippen molar-refractivity contribution in [1.82, 2.24) is 30.2 Å². The Balaban J connectivity index is 0.770. The lowest BCUT2D eigenvalue weighted by Gasteiger charge is -2.63. The van der Waals surface area contributed by atoms with E-state index in [1.807, 2.05) is 6.92 Å². The van der Waals surface area contributed by atoms with Crippen LogP contribution in [0.2, 0.25) is 0 Å². The Morgan fingerprint density at radius 1 is 0.937 bits per heavy atom. The molecule has 2 aromatic heterocycles. The summed E-state index contributed by atoms with van der Waals surface area (Å²) < 4.78 is 62.8. The summed E-state index contributed by atoms with van der Waals surface area (Å²) in [5.74, 6) is 0.168. The number of anilines is 1. The molecule has 0 aromatic carbocycles. The summed E-state index contributed by atoms with van der Waals surface area (Å²) in [5, 5.41) is 60.8. The molecule has 0 bridgehead atoms. The number of hydrogen-bond donors (Lipinski definition) is 12. The summed E-state index contributed by atoms with van der Waals surface area (Å²) in [7, 11) is -16.5. The molecule has 7 rings (SSSR count). The van der Waals surface area contributed by atoms with Gasteiger partial charge in [0.25, 0.3) is 0 Å². The number of amides is 2. The Bertz CT molecular complexity index is 2640. The van der Waals surface area contributed by atoms with Crippen LogP contribution in [0.15, 0.2) is 12.7 Å². The predicted octanol–water partition coefficient (Wildman–Crippen LogP) is 3.07. The standard InChI is InChI=1S/C48H80N7O20P3S/c1-25(29-10-11-30-36-31(20-34(58)48(29,30)6)47(5)14-12-28(56)18-27(47)19-32(36)57)8-7-9-26(2)45(63)79-17-16-50-35(59)13-15-51-43(62)40(61)46(3,4)22-72-78(69,70)75-77(67,68)71-21-33-39(74-76(64,65)66)38(60)44(73-33)55-24-54-37-41(49)52-23-53-42(37)55/h23-34,36,38-40,44,56-58,60-61H,7-22H2,1-6H3,(H,50,59)(H,51,62)(H,67,68)(H,69,70)(H2,49,52,53)(H2,64,65,66)/t25-,26-,27-,28+,29+,30-,31-,32+,33+,34-,36-,38+,39+,40-,44+,47-,48+/m0/s1. The number of imidazole rings is 1. The lowest BCUT2D eigenvalue weighted by Crippen LogP contribution is -2.62. The number of hydrogen-bond acceptors (Lipinski definition) is 21. The number of aliphatic hydroxyl groups excluding tert-OH is 5. The molecule has 4 saturated carbocycles. The van der Waals surface area contributed by atoms with Crippen molar-refractivity contribution in [3.8, 4) is 0 Å². The fourth-order valence-corrected chi connectivity index (χ4v) is 17.3. The zero-order valence-electron chi connectivity index (χ0n) is 45.3. The number of phosphoric acid groups is 3. The van der Waals surface area contributed by atoms with Crippen molar-refractivity contribution in [3.63, 3.8) is 0 Å². The van der Waals surface area contributed by atoms with Gasteiger partial charge in [-0.25, -0.2) is 28.6 Å². The maximum atomic E-state index is 13.1. The number of rotatable bonds is 25. The number of carbonyl (C=O) groups excluding carboxylic acids is 3. The summed E-state index contributed by atoms with van der Waals surface area (Å²) in [5.41, 5.74) is 3.98. The minimum Gasteiger partial charge on any atom is -0.393 e. The summed E-state index contributed by atoms with van der Waals surface area (Å²) in [6.45, 7) is 9.17. The molecule has 2 unspecified atom stereocenters. The number of ether oxygens (including phenoxy) is 1. The number of nitrogens with one attached hydrogen (secondary N) is 2. The van der Waals surface area contributed by atoms with Gasteiger partial charge in [0.1, 0.15) is 36.3 Å². The molecule has 1 saturated heterocycles. The van der Waals surface area contributed by atoms with Crippen molar-refractivity contribution < 1.29 is 95.8 Å². The molecule has 1 aliphatic heterocycles. The van der Waals surface area contributed by atoms with Crippen LogP contribution < -0.4 is 16.4 Å². The first-order valence-corrected chi connectivity index (χ1v) is 32.4. The van der Waals surface area contributed by atoms with Gasteiger partial charge in [-0.2, -0.15) is 4.31 Å². The molecule has 448 valence electrons. The zero-order chi connectivity index (χ0) is 58.2. The Kier molecular flexibility index (Phi) is 20.5. The Morgan fingerprint density at radius 2 is 1.65 bits per heavy atom. The van der Waals surface area contributed by atoms with Crippen LogP contribution in [0, 0.1) is 57.7 Å². The largest absolute Gasteiger partial charge is 0.481 e. The molecular formula is C48H80N7O20P3S. The highest BCUT2D eigenvalue weighted by Crippen LogP contribution is 2.69. The van der Waals surface area contributed by atoms with Gasteiger partial charge in [-0.1, -0.05) is 66.1 Å². The first-order chi connectivity index (χ1) is 36.8. The third kappa shape index (κ3) is 14.7. The molecule has 31 heteroatoms. The first kappa shape index (κ1) is 64.0. The van der Waals surface area contributed by atoms with E-state index in [0.717, 1.165) is 80.4 Å². The highest BCUT2D eigenvalue weighted by atomic mass is 32.2. The fraction of sp³-hybridized carbons (Fsp3) is 0.833. The lowest BCUT2D eigenvalue weighted by atomic mass is 9.43. The van der Waals surface area contributed by atoms with Gasteiger partial charge in [-0.05, 0) is 97.7 Å². The number of phosphoric ester groups is 3. The minimum absolute atomic E-state index is 0.00814. The first-order valence-electron chi connectivity index (χ1n) is 26.9. The number of thioether (sulfide) groups is 1. The smallest absolute Gasteiger partial charge is 0.393 e. The molecule has 0 radical (unpaired) electrons. The molecule has 79 heavy (non-hydrogen) atoms. The molecule has 5 fully saturated rings.